The molecule has 0 aliphatic heterocycles. The van der Waals surface area contributed by atoms with Crippen molar-refractivity contribution in [3.8, 4) is 0 Å². The van der Waals surface area contributed by atoms with Crippen LogP contribution in [0.1, 0.15) is 27.2 Å². The molecule has 3 aliphatic rings. The lowest BCUT2D eigenvalue weighted by Gasteiger charge is -2.65. The fraction of sp³-hybridized carbons (Fsp3) is 0.900. The van der Waals surface area contributed by atoms with Gasteiger partial charge in [0.25, 0.3) is 0 Å². The van der Waals surface area contributed by atoms with Crippen LogP contribution in [0.4, 0.5) is 0 Å². The zero-order chi connectivity index (χ0) is 10.9. The van der Waals surface area contributed by atoms with Crippen molar-refractivity contribution in [2.75, 3.05) is 0 Å². The summed E-state index contributed by atoms with van der Waals surface area (Å²) >= 11 is 12.1. The minimum absolute atomic E-state index is 0.0156. The number of carbonyl (C=O) groups excluding carboxylic acids is 1. The minimum atomic E-state index is -1.41. The molecule has 0 aromatic rings. The van der Waals surface area contributed by atoms with E-state index in [0.29, 0.717) is 0 Å². The van der Waals surface area contributed by atoms with Gasteiger partial charge >= 0.3 is 0 Å². The summed E-state index contributed by atoms with van der Waals surface area (Å²) in [4.78, 5) is 11.8. The van der Waals surface area contributed by atoms with E-state index in [1.165, 1.54) is 6.92 Å². The van der Waals surface area contributed by atoms with Crippen molar-refractivity contribution in [2.24, 2.45) is 17.3 Å². The molecule has 3 aliphatic carbocycles. The predicted octanol–water partition coefficient (Wildman–Crippen LogP) is 2.16. The van der Waals surface area contributed by atoms with E-state index in [1.807, 2.05) is 13.8 Å². The predicted molar refractivity (Wildman–Crippen MR) is 55.4 cm³/mol. The van der Waals surface area contributed by atoms with Crippen molar-refractivity contribution < 1.29 is 9.90 Å². The Morgan fingerprint density at radius 2 is 1.79 bits per heavy atom. The highest BCUT2D eigenvalue weighted by Gasteiger charge is 2.72. The Hall–Kier alpha value is 0.210. The number of alkyl halides is 2. The van der Waals surface area contributed by atoms with Gasteiger partial charge in [-0.1, -0.05) is 37.0 Å². The standard InChI is InChI=1S/C10H14Cl2O2/c1-8(2)5-4-6(8)10(11,12)7(13)9(5,3)14/h5-6,14H,4H2,1-3H3/t5-,6+,9-/m0/s1. The van der Waals surface area contributed by atoms with E-state index >= 15 is 0 Å². The van der Waals surface area contributed by atoms with Gasteiger partial charge in [-0.25, -0.2) is 0 Å². The monoisotopic (exact) mass is 236 g/mol. The lowest BCUT2D eigenvalue weighted by atomic mass is 9.43. The van der Waals surface area contributed by atoms with Crippen LogP contribution in [-0.2, 0) is 4.79 Å². The normalized spacial score (nSPS) is 48.6. The van der Waals surface area contributed by atoms with Crippen molar-refractivity contribution in [1.82, 2.24) is 0 Å². The average Bonchev–Trinajstić information content (AvgIpc) is 1.97. The van der Waals surface area contributed by atoms with Crippen molar-refractivity contribution in [3.63, 3.8) is 0 Å². The van der Waals surface area contributed by atoms with Gasteiger partial charge in [-0.3, -0.25) is 4.79 Å². The summed E-state index contributed by atoms with van der Waals surface area (Å²) in [6, 6.07) is 0. The fourth-order valence-electron chi connectivity index (χ4n) is 3.15. The molecule has 0 aromatic heterocycles. The van der Waals surface area contributed by atoms with Crippen LogP contribution in [0.25, 0.3) is 0 Å². The maximum absolute atomic E-state index is 11.8. The summed E-state index contributed by atoms with van der Waals surface area (Å²) in [7, 11) is 0. The number of halogens is 2. The number of rotatable bonds is 0. The second-order valence-corrected chi connectivity index (χ2v) is 6.65. The topological polar surface area (TPSA) is 37.3 Å². The maximum Gasteiger partial charge on any atom is 0.200 e. The Balaban J connectivity index is 2.49. The van der Waals surface area contributed by atoms with Crippen LogP contribution < -0.4 is 0 Å². The quantitative estimate of drug-likeness (QED) is 0.655. The Morgan fingerprint density at radius 3 is 2.14 bits per heavy atom. The third-order valence-corrected chi connectivity index (χ3v) is 5.02. The van der Waals surface area contributed by atoms with Crippen LogP contribution in [0.2, 0.25) is 0 Å². The highest BCUT2D eigenvalue weighted by atomic mass is 35.5. The molecule has 4 heteroatoms. The molecule has 3 saturated carbocycles. The van der Waals surface area contributed by atoms with E-state index in [2.05, 4.69) is 0 Å². The van der Waals surface area contributed by atoms with Gasteiger partial charge in [0.05, 0.1) is 0 Å². The van der Waals surface area contributed by atoms with Crippen molar-refractivity contribution in [3.05, 3.63) is 0 Å². The van der Waals surface area contributed by atoms with Gasteiger partial charge in [-0.05, 0) is 18.8 Å². The molecule has 14 heavy (non-hydrogen) atoms. The van der Waals surface area contributed by atoms with Gasteiger partial charge in [0.2, 0.25) is 0 Å². The van der Waals surface area contributed by atoms with E-state index < -0.39 is 15.7 Å². The van der Waals surface area contributed by atoms with Gasteiger partial charge in [0.15, 0.2) is 10.1 Å². The fourth-order valence-corrected chi connectivity index (χ4v) is 4.27. The number of carbonyl (C=O) groups is 1. The molecule has 0 unspecified atom stereocenters. The number of ketones is 1. The molecule has 0 spiro atoms. The van der Waals surface area contributed by atoms with E-state index in [9.17, 15) is 9.90 Å². The molecule has 0 aromatic carbocycles. The molecule has 3 atom stereocenters. The minimum Gasteiger partial charge on any atom is -0.382 e. The Kier molecular flexibility index (Phi) is 1.89. The molecule has 3 fully saturated rings. The number of fused-ring (bicyclic) bond motifs is 2. The smallest absolute Gasteiger partial charge is 0.200 e. The molecule has 0 saturated heterocycles. The van der Waals surface area contributed by atoms with Crippen LogP contribution in [0.15, 0.2) is 0 Å². The van der Waals surface area contributed by atoms with Crippen LogP contribution in [-0.4, -0.2) is 20.8 Å². The van der Waals surface area contributed by atoms with Crippen molar-refractivity contribution in [1.29, 1.82) is 0 Å². The summed E-state index contributed by atoms with van der Waals surface area (Å²) in [6.45, 7) is 5.54. The number of hydrogen-bond donors (Lipinski definition) is 1. The van der Waals surface area contributed by atoms with Gasteiger partial charge in [0, 0.05) is 11.8 Å². The van der Waals surface area contributed by atoms with E-state index in [4.69, 9.17) is 23.2 Å². The van der Waals surface area contributed by atoms with Crippen molar-refractivity contribution >= 4 is 29.0 Å². The zero-order valence-electron chi connectivity index (χ0n) is 8.47. The lowest BCUT2D eigenvalue weighted by Crippen LogP contribution is -2.72. The van der Waals surface area contributed by atoms with Crippen LogP contribution in [0.5, 0.6) is 0 Å². The first-order valence-corrected chi connectivity index (χ1v) is 5.53. The summed E-state index contributed by atoms with van der Waals surface area (Å²) < 4.78 is -1.41. The van der Waals surface area contributed by atoms with E-state index in [0.717, 1.165) is 6.42 Å². The molecule has 0 radical (unpaired) electrons. The third-order valence-electron chi connectivity index (χ3n) is 4.15. The molecule has 0 heterocycles. The molecule has 1 N–H and O–H groups in total. The van der Waals surface area contributed by atoms with Crippen molar-refractivity contribution in [2.45, 2.75) is 37.1 Å². The van der Waals surface area contributed by atoms with Crippen LogP contribution in [0, 0.1) is 17.3 Å². The van der Waals surface area contributed by atoms with Crippen LogP contribution in [0.3, 0.4) is 0 Å². The molecule has 80 valence electrons. The Bertz CT molecular complexity index is 281. The molecule has 2 nitrogen and oxygen atoms in total. The molecule has 3 rings (SSSR count). The first-order chi connectivity index (χ1) is 6.13. The summed E-state index contributed by atoms with van der Waals surface area (Å²) in [5, 5.41) is 10.1. The second-order valence-electron chi connectivity index (χ2n) is 5.26. The molecule has 2 bridgehead atoms. The van der Waals surface area contributed by atoms with Gasteiger partial charge in [-0.2, -0.15) is 0 Å². The number of Topliss-reactive ketones (excluding diaryl/α,β-unsaturated/α-hetero) is 1. The SMILES string of the molecule is CC1(C)[C@H]2C[C@@H]1[C@](C)(O)C(=O)C2(Cl)Cl. The summed E-state index contributed by atoms with van der Waals surface area (Å²) in [5.41, 5.74) is -1.53. The number of aliphatic hydroxyl groups is 1. The highest BCUT2D eigenvalue weighted by Crippen LogP contribution is 2.67. The maximum atomic E-state index is 11.8. The van der Waals surface area contributed by atoms with Gasteiger partial charge in [-0.15, -0.1) is 0 Å². The summed E-state index contributed by atoms with van der Waals surface area (Å²) in [6.07, 6.45) is 0.735. The average molecular weight is 237 g/mol. The number of hydrogen-bond acceptors (Lipinski definition) is 2. The summed E-state index contributed by atoms with van der Waals surface area (Å²) in [5.74, 6) is -0.483. The Labute approximate surface area is 93.6 Å². The van der Waals surface area contributed by atoms with Crippen LogP contribution >= 0.6 is 23.2 Å². The first kappa shape index (κ1) is 10.7. The molecular weight excluding hydrogens is 223 g/mol. The second kappa shape index (κ2) is 2.47. The largest absolute Gasteiger partial charge is 0.382 e. The molecule has 0 amide bonds. The Morgan fingerprint density at radius 1 is 1.29 bits per heavy atom. The lowest BCUT2D eigenvalue weighted by molar-refractivity contribution is -0.198. The third kappa shape index (κ3) is 0.949. The van der Waals surface area contributed by atoms with E-state index in [1.54, 1.807) is 0 Å². The van der Waals surface area contributed by atoms with Gasteiger partial charge < -0.3 is 5.11 Å². The van der Waals surface area contributed by atoms with E-state index in [-0.39, 0.29) is 17.3 Å². The van der Waals surface area contributed by atoms with Gasteiger partial charge in [0.1, 0.15) is 5.60 Å². The zero-order valence-corrected chi connectivity index (χ0v) is 9.99. The highest BCUT2D eigenvalue weighted by molar-refractivity contribution is 6.59. The molecular formula is C10H14Cl2O2. The first-order valence-electron chi connectivity index (χ1n) is 4.78.